The molecule has 0 aliphatic carbocycles. The number of amides is 1. The number of benzene rings is 1. The number of nitrogens with one attached hydrogen (secondary N) is 1. The zero-order chi connectivity index (χ0) is 25.4. The first kappa shape index (κ1) is 29.5. The van der Waals surface area contributed by atoms with Gasteiger partial charge in [-0.1, -0.05) is 26.7 Å². The lowest BCUT2D eigenvalue weighted by molar-refractivity contribution is 0.0679. The van der Waals surface area contributed by atoms with Crippen molar-refractivity contribution in [3.63, 3.8) is 0 Å². The molecule has 2 aromatic rings. The van der Waals surface area contributed by atoms with Crippen molar-refractivity contribution in [2.75, 3.05) is 40.4 Å². The van der Waals surface area contributed by atoms with E-state index in [-0.39, 0.29) is 29.6 Å². The molecule has 3 rings (SSSR count). The van der Waals surface area contributed by atoms with Gasteiger partial charge < -0.3 is 29.4 Å². The maximum atomic E-state index is 13.1. The second-order valence-electron chi connectivity index (χ2n) is 9.02. The van der Waals surface area contributed by atoms with E-state index in [9.17, 15) is 14.7 Å². The molecule has 0 radical (unpaired) electrons. The van der Waals surface area contributed by atoms with E-state index in [4.69, 9.17) is 9.47 Å². The molecule has 1 aliphatic heterocycles. The Morgan fingerprint density at radius 3 is 2.19 bits per heavy atom. The van der Waals surface area contributed by atoms with Crippen molar-refractivity contribution in [1.29, 1.82) is 0 Å². The lowest BCUT2D eigenvalue weighted by Gasteiger charge is -2.22. The monoisotopic (exact) mass is 521 g/mol. The van der Waals surface area contributed by atoms with Gasteiger partial charge in [0.2, 0.25) is 0 Å². The molecule has 9 heteroatoms. The number of halogens is 1. The van der Waals surface area contributed by atoms with Crippen LogP contribution >= 0.6 is 12.4 Å². The van der Waals surface area contributed by atoms with E-state index < -0.39 is 5.97 Å². The zero-order valence-electron chi connectivity index (χ0n) is 21.9. The lowest BCUT2D eigenvalue weighted by Crippen LogP contribution is -2.32. The molecule has 1 aromatic carbocycles. The maximum Gasteiger partial charge on any atom is 0.353 e. The molecule has 0 saturated carbocycles. The molecule has 1 amide bonds. The third-order valence-corrected chi connectivity index (χ3v) is 6.63. The van der Waals surface area contributed by atoms with Crippen LogP contribution < -0.4 is 14.8 Å². The summed E-state index contributed by atoms with van der Waals surface area (Å²) in [6.45, 7) is 8.46. The number of fused-ring (bicyclic) bond motifs is 3. The number of aromatic nitrogens is 1. The van der Waals surface area contributed by atoms with Crippen LogP contribution in [0.2, 0.25) is 0 Å². The van der Waals surface area contributed by atoms with Gasteiger partial charge in [0.25, 0.3) is 5.91 Å². The zero-order valence-corrected chi connectivity index (χ0v) is 22.7. The van der Waals surface area contributed by atoms with Gasteiger partial charge in [-0.15, -0.1) is 12.4 Å². The van der Waals surface area contributed by atoms with Crippen LogP contribution in [0.5, 0.6) is 11.5 Å². The molecule has 2 heterocycles. The van der Waals surface area contributed by atoms with Gasteiger partial charge >= 0.3 is 5.97 Å². The van der Waals surface area contributed by atoms with Gasteiger partial charge in [0, 0.05) is 24.3 Å². The number of unbranched alkanes of at least 4 members (excludes halogenated alkanes) is 2. The molecule has 1 aromatic heterocycles. The number of carbonyl (C=O) groups excluding carboxylic acids is 1. The Morgan fingerprint density at radius 2 is 1.61 bits per heavy atom. The minimum absolute atomic E-state index is 0. The Hall–Kier alpha value is -2.71. The number of methoxy groups -OCH3 is 2. The summed E-state index contributed by atoms with van der Waals surface area (Å²) in [5, 5.41) is 12.9. The molecule has 2 N–H and O–H groups in total. The molecular weight excluding hydrogens is 482 g/mol. The number of hydrogen-bond acceptors (Lipinski definition) is 5. The van der Waals surface area contributed by atoms with Crippen LogP contribution in [-0.4, -0.2) is 66.8 Å². The topological polar surface area (TPSA) is 93.0 Å². The highest BCUT2D eigenvalue weighted by atomic mass is 35.5. The van der Waals surface area contributed by atoms with E-state index in [1.54, 1.807) is 24.9 Å². The van der Waals surface area contributed by atoms with E-state index in [0.717, 1.165) is 37.2 Å². The van der Waals surface area contributed by atoms with E-state index in [0.29, 0.717) is 36.7 Å². The highest BCUT2D eigenvalue weighted by Gasteiger charge is 2.29. The number of carbonyl (C=O) groups is 2. The number of rotatable bonds is 14. The number of carboxylic acids is 1. The van der Waals surface area contributed by atoms with Gasteiger partial charge in [0.05, 0.1) is 19.8 Å². The molecule has 8 nitrogen and oxygen atoms in total. The summed E-state index contributed by atoms with van der Waals surface area (Å²) in [5.74, 6) is -0.246. The summed E-state index contributed by atoms with van der Waals surface area (Å²) in [6, 6.07) is 5.47. The Morgan fingerprint density at radius 1 is 1.00 bits per heavy atom. The van der Waals surface area contributed by atoms with Crippen LogP contribution in [0.15, 0.2) is 18.2 Å². The van der Waals surface area contributed by atoms with Crippen LogP contribution in [0.4, 0.5) is 0 Å². The third-order valence-electron chi connectivity index (χ3n) is 6.63. The number of ether oxygens (including phenoxy) is 2. The number of aromatic carboxylic acids is 1. The highest BCUT2D eigenvalue weighted by molar-refractivity contribution is 6.05. The summed E-state index contributed by atoms with van der Waals surface area (Å²) < 4.78 is 12.6. The fourth-order valence-electron chi connectivity index (χ4n) is 4.71. The first-order valence-corrected chi connectivity index (χ1v) is 12.7. The SMILES string of the molecule is CCCCN(CCCC)CCCNC(=O)c1cc2n(c1C(=O)O)CCc1cc(OC)c(OC)cc1-2.Cl. The first-order chi connectivity index (χ1) is 16.9. The van der Waals surface area contributed by atoms with Crippen LogP contribution in [0, 0.1) is 0 Å². The molecule has 0 unspecified atom stereocenters. The average Bonchev–Trinajstić information content (AvgIpc) is 3.27. The van der Waals surface area contributed by atoms with E-state index >= 15 is 0 Å². The largest absolute Gasteiger partial charge is 0.493 e. The predicted octanol–water partition coefficient (Wildman–Crippen LogP) is 4.87. The molecule has 0 spiro atoms. The van der Waals surface area contributed by atoms with Gasteiger partial charge in [-0.25, -0.2) is 4.79 Å². The van der Waals surface area contributed by atoms with Crippen molar-refractivity contribution in [3.05, 3.63) is 35.0 Å². The van der Waals surface area contributed by atoms with Gasteiger partial charge in [-0.3, -0.25) is 4.79 Å². The average molecular weight is 522 g/mol. The van der Waals surface area contributed by atoms with Crippen LogP contribution in [0.3, 0.4) is 0 Å². The summed E-state index contributed by atoms with van der Waals surface area (Å²) in [4.78, 5) is 27.7. The van der Waals surface area contributed by atoms with Crippen molar-refractivity contribution < 1.29 is 24.2 Å². The van der Waals surface area contributed by atoms with Crippen molar-refractivity contribution in [2.24, 2.45) is 0 Å². The predicted molar refractivity (Wildman–Crippen MR) is 144 cm³/mol. The van der Waals surface area contributed by atoms with E-state index in [1.807, 2.05) is 12.1 Å². The summed E-state index contributed by atoms with van der Waals surface area (Å²) in [6.07, 6.45) is 6.15. The Labute approximate surface area is 220 Å². The van der Waals surface area contributed by atoms with Crippen LogP contribution in [-0.2, 0) is 13.0 Å². The summed E-state index contributed by atoms with van der Waals surface area (Å²) in [7, 11) is 3.16. The fourth-order valence-corrected chi connectivity index (χ4v) is 4.71. The molecule has 0 bridgehead atoms. The Kier molecular flexibility index (Phi) is 11.6. The summed E-state index contributed by atoms with van der Waals surface area (Å²) >= 11 is 0. The van der Waals surface area contributed by atoms with Crippen molar-refractivity contribution in [2.45, 2.75) is 58.9 Å². The van der Waals surface area contributed by atoms with Gasteiger partial charge in [0.1, 0.15) is 5.69 Å². The number of carboxylic acid groups (broad SMARTS) is 1. The van der Waals surface area contributed by atoms with E-state index in [2.05, 4.69) is 24.1 Å². The molecule has 36 heavy (non-hydrogen) atoms. The molecule has 0 fully saturated rings. The third kappa shape index (κ3) is 6.73. The molecule has 1 aliphatic rings. The minimum atomic E-state index is -1.10. The van der Waals surface area contributed by atoms with E-state index in [1.165, 1.54) is 25.7 Å². The quantitative estimate of drug-likeness (QED) is 0.344. The second kappa shape index (κ2) is 14.1. The number of nitrogens with zero attached hydrogens (tertiary/aromatic N) is 2. The minimum Gasteiger partial charge on any atom is -0.493 e. The van der Waals surface area contributed by atoms with Crippen LogP contribution in [0.1, 0.15) is 72.4 Å². The molecular formula is C27H40ClN3O5. The number of hydrogen-bond donors (Lipinski definition) is 2. The first-order valence-electron chi connectivity index (χ1n) is 12.7. The van der Waals surface area contributed by atoms with Crippen LogP contribution in [0.25, 0.3) is 11.3 Å². The Balaban J connectivity index is 0.00000456. The molecule has 0 saturated heterocycles. The highest BCUT2D eigenvalue weighted by Crippen LogP contribution is 2.40. The standard InChI is InChI=1S/C27H39N3O5.ClH/c1-5-7-12-29(13-8-6-2)14-9-11-28-26(31)21-17-22-20-18-24(35-4)23(34-3)16-19(20)10-15-30(22)25(21)27(32)33;/h16-18H,5-15H2,1-4H3,(H,28,31)(H,32,33);1H. The Bertz CT molecular complexity index is 1030. The van der Waals surface area contributed by atoms with Gasteiger partial charge in [-0.2, -0.15) is 0 Å². The van der Waals surface area contributed by atoms with Crippen molar-refractivity contribution in [3.8, 4) is 22.8 Å². The normalized spacial score (nSPS) is 11.9. The molecule has 200 valence electrons. The number of aryl methyl sites for hydroxylation is 1. The smallest absolute Gasteiger partial charge is 0.353 e. The molecule has 0 atom stereocenters. The van der Waals surface area contributed by atoms with Crippen molar-refractivity contribution in [1.82, 2.24) is 14.8 Å². The lowest BCUT2D eigenvalue weighted by atomic mass is 9.97. The fraction of sp³-hybridized carbons (Fsp3) is 0.556. The maximum absolute atomic E-state index is 13.1. The van der Waals surface area contributed by atoms with Crippen molar-refractivity contribution >= 4 is 24.3 Å². The van der Waals surface area contributed by atoms with Gasteiger partial charge in [0.15, 0.2) is 11.5 Å². The summed E-state index contributed by atoms with van der Waals surface area (Å²) in [5.41, 5.74) is 2.84. The van der Waals surface area contributed by atoms with Gasteiger partial charge in [-0.05, 0) is 69.1 Å². The second-order valence-corrected chi connectivity index (χ2v) is 9.02.